The van der Waals surface area contributed by atoms with Gasteiger partial charge in [0.25, 0.3) is 0 Å². The molecule has 1 fully saturated rings. The third kappa shape index (κ3) is 2.84. The summed E-state index contributed by atoms with van der Waals surface area (Å²) in [5.41, 5.74) is 6.70. The number of nitrogens with one attached hydrogen (secondary N) is 1. The number of nitrogens with zero attached hydrogens (tertiary/aromatic N) is 2. The van der Waals surface area contributed by atoms with Crippen molar-refractivity contribution < 1.29 is 0 Å². The number of hydrogen-bond acceptors (Lipinski definition) is 4. The third-order valence-electron chi connectivity index (χ3n) is 4.22. The van der Waals surface area contributed by atoms with Crippen LogP contribution in [0.5, 0.6) is 0 Å². The molecule has 0 saturated heterocycles. The van der Waals surface area contributed by atoms with Gasteiger partial charge in [-0.25, -0.2) is 4.98 Å². The van der Waals surface area contributed by atoms with E-state index < -0.39 is 0 Å². The van der Waals surface area contributed by atoms with Gasteiger partial charge in [0.2, 0.25) is 5.95 Å². The number of benzene rings is 1. The Morgan fingerprint density at radius 2 is 2.10 bits per heavy atom. The van der Waals surface area contributed by atoms with Gasteiger partial charge in [-0.2, -0.15) is 4.98 Å². The minimum Gasteiger partial charge on any atom is -0.369 e. The van der Waals surface area contributed by atoms with E-state index >= 15 is 0 Å². The van der Waals surface area contributed by atoms with Crippen LogP contribution in [0.15, 0.2) is 24.3 Å². The Bertz CT molecular complexity index is 596. The molecule has 1 heterocycles. The van der Waals surface area contributed by atoms with E-state index in [1.165, 1.54) is 25.7 Å². The monoisotopic (exact) mass is 270 g/mol. The standard InChI is InChI=1S/C16H22N4/c1-11-5-4-6-12(9-11)10-18-15-13-7-2-3-8-14(13)19-16(17)20-15/h2-3,7-8,11-12H,4-6,9-10H2,1H3,(H3,17,18,19,20). The Balaban J connectivity index is 1.77. The first-order valence-electron chi connectivity index (χ1n) is 7.48. The summed E-state index contributed by atoms with van der Waals surface area (Å²) in [4.78, 5) is 8.63. The van der Waals surface area contributed by atoms with Crippen molar-refractivity contribution in [3.05, 3.63) is 24.3 Å². The first-order chi connectivity index (χ1) is 9.72. The van der Waals surface area contributed by atoms with E-state index in [2.05, 4.69) is 22.2 Å². The van der Waals surface area contributed by atoms with E-state index in [9.17, 15) is 0 Å². The molecule has 0 aliphatic heterocycles. The number of nitrogen functional groups attached to an aromatic ring is 1. The lowest BCUT2D eigenvalue weighted by Crippen LogP contribution is -2.21. The van der Waals surface area contributed by atoms with Crippen LogP contribution in [0.2, 0.25) is 0 Å². The normalized spacial score (nSPS) is 22.9. The fourth-order valence-electron chi connectivity index (χ4n) is 3.22. The van der Waals surface area contributed by atoms with Gasteiger partial charge in [-0.15, -0.1) is 0 Å². The summed E-state index contributed by atoms with van der Waals surface area (Å²) in [6.07, 6.45) is 5.35. The molecule has 1 saturated carbocycles. The molecule has 1 aromatic heterocycles. The van der Waals surface area contributed by atoms with E-state index in [0.29, 0.717) is 5.95 Å². The van der Waals surface area contributed by atoms with Crippen LogP contribution in [-0.2, 0) is 0 Å². The molecule has 0 radical (unpaired) electrons. The van der Waals surface area contributed by atoms with Crippen LogP contribution in [0.1, 0.15) is 32.6 Å². The molecule has 0 bridgehead atoms. The fourth-order valence-corrected chi connectivity index (χ4v) is 3.22. The first kappa shape index (κ1) is 13.2. The topological polar surface area (TPSA) is 63.8 Å². The first-order valence-corrected chi connectivity index (χ1v) is 7.48. The molecule has 2 atom stereocenters. The fraction of sp³-hybridized carbons (Fsp3) is 0.500. The highest BCUT2D eigenvalue weighted by atomic mass is 15.1. The van der Waals surface area contributed by atoms with E-state index in [-0.39, 0.29) is 0 Å². The molecule has 4 nitrogen and oxygen atoms in total. The maximum absolute atomic E-state index is 5.79. The molecular formula is C16H22N4. The van der Waals surface area contributed by atoms with Crippen LogP contribution < -0.4 is 11.1 Å². The van der Waals surface area contributed by atoms with Gasteiger partial charge in [-0.3, -0.25) is 0 Å². The molecule has 1 aliphatic rings. The Labute approximate surface area is 119 Å². The lowest BCUT2D eigenvalue weighted by Gasteiger charge is -2.27. The van der Waals surface area contributed by atoms with Crippen LogP contribution in [-0.4, -0.2) is 16.5 Å². The van der Waals surface area contributed by atoms with Crippen molar-refractivity contribution >= 4 is 22.7 Å². The van der Waals surface area contributed by atoms with Gasteiger partial charge >= 0.3 is 0 Å². The summed E-state index contributed by atoms with van der Waals surface area (Å²) in [5.74, 6) is 2.80. The van der Waals surface area contributed by atoms with Crippen LogP contribution in [0, 0.1) is 11.8 Å². The summed E-state index contributed by atoms with van der Waals surface area (Å²) in [5, 5.41) is 4.53. The largest absolute Gasteiger partial charge is 0.369 e. The maximum atomic E-state index is 5.79. The number of hydrogen-bond donors (Lipinski definition) is 2. The van der Waals surface area contributed by atoms with Crippen LogP contribution in [0.25, 0.3) is 10.9 Å². The molecule has 2 unspecified atom stereocenters. The molecular weight excluding hydrogens is 248 g/mol. The van der Waals surface area contributed by atoms with E-state index in [1.807, 2.05) is 24.3 Å². The summed E-state index contributed by atoms with van der Waals surface area (Å²) in [6.45, 7) is 3.33. The van der Waals surface area contributed by atoms with Crippen molar-refractivity contribution in [1.82, 2.24) is 9.97 Å². The Hall–Kier alpha value is -1.84. The molecule has 106 valence electrons. The van der Waals surface area contributed by atoms with Crippen molar-refractivity contribution in [2.45, 2.75) is 32.6 Å². The Kier molecular flexibility index (Phi) is 3.72. The predicted octanol–water partition coefficient (Wildman–Crippen LogP) is 3.45. The third-order valence-corrected chi connectivity index (χ3v) is 4.22. The smallest absolute Gasteiger partial charge is 0.222 e. The van der Waals surface area contributed by atoms with Crippen molar-refractivity contribution in [3.8, 4) is 0 Å². The number of nitrogens with two attached hydrogens (primary N) is 1. The SMILES string of the molecule is CC1CCCC(CNc2nc(N)nc3ccccc23)C1. The van der Waals surface area contributed by atoms with Gasteiger partial charge in [-0.1, -0.05) is 31.9 Å². The zero-order valence-corrected chi connectivity index (χ0v) is 12.0. The lowest BCUT2D eigenvalue weighted by atomic mass is 9.82. The van der Waals surface area contributed by atoms with Gasteiger partial charge in [-0.05, 0) is 36.8 Å². The maximum Gasteiger partial charge on any atom is 0.222 e. The van der Waals surface area contributed by atoms with Crippen molar-refractivity contribution in [2.24, 2.45) is 11.8 Å². The zero-order chi connectivity index (χ0) is 13.9. The zero-order valence-electron chi connectivity index (χ0n) is 12.0. The summed E-state index contributed by atoms with van der Waals surface area (Å²) < 4.78 is 0. The van der Waals surface area contributed by atoms with Gasteiger partial charge in [0.1, 0.15) is 5.82 Å². The summed E-state index contributed by atoms with van der Waals surface area (Å²) >= 11 is 0. The summed E-state index contributed by atoms with van der Waals surface area (Å²) in [7, 11) is 0. The average molecular weight is 270 g/mol. The quantitative estimate of drug-likeness (QED) is 0.896. The molecule has 0 spiro atoms. The Morgan fingerprint density at radius 3 is 2.95 bits per heavy atom. The summed E-state index contributed by atoms with van der Waals surface area (Å²) in [6, 6.07) is 8.00. The number of para-hydroxylation sites is 1. The highest BCUT2D eigenvalue weighted by Gasteiger charge is 2.19. The van der Waals surface area contributed by atoms with Crippen LogP contribution in [0.3, 0.4) is 0 Å². The molecule has 20 heavy (non-hydrogen) atoms. The highest BCUT2D eigenvalue weighted by molar-refractivity contribution is 5.89. The van der Waals surface area contributed by atoms with Gasteiger partial charge < -0.3 is 11.1 Å². The van der Waals surface area contributed by atoms with Crippen LogP contribution >= 0.6 is 0 Å². The lowest BCUT2D eigenvalue weighted by molar-refractivity contribution is 0.293. The number of rotatable bonds is 3. The Morgan fingerprint density at radius 1 is 1.25 bits per heavy atom. The molecule has 2 aromatic rings. The van der Waals surface area contributed by atoms with Gasteiger partial charge in [0.15, 0.2) is 0 Å². The average Bonchev–Trinajstić information content (AvgIpc) is 2.44. The van der Waals surface area contributed by atoms with Crippen molar-refractivity contribution in [1.29, 1.82) is 0 Å². The van der Waals surface area contributed by atoms with Crippen molar-refractivity contribution in [2.75, 3.05) is 17.6 Å². The predicted molar refractivity (Wildman–Crippen MR) is 83.6 cm³/mol. The minimum absolute atomic E-state index is 0.336. The molecule has 1 aliphatic carbocycles. The molecule has 4 heteroatoms. The molecule has 1 aromatic carbocycles. The highest BCUT2D eigenvalue weighted by Crippen LogP contribution is 2.29. The number of fused-ring (bicyclic) bond motifs is 1. The van der Waals surface area contributed by atoms with Crippen molar-refractivity contribution in [3.63, 3.8) is 0 Å². The second-order valence-corrected chi connectivity index (χ2v) is 5.97. The van der Waals surface area contributed by atoms with Gasteiger partial charge in [0.05, 0.1) is 5.52 Å². The molecule has 3 N–H and O–H groups in total. The molecule has 0 amide bonds. The van der Waals surface area contributed by atoms with E-state index in [0.717, 1.165) is 35.1 Å². The number of anilines is 2. The second kappa shape index (κ2) is 5.65. The second-order valence-electron chi connectivity index (χ2n) is 5.97. The van der Waals surface area contributed by atoms with Crippen LogP contribution in [0.4, 0.5) is 11.8 Å². The van der Waals surface area contributed by atoms with E-state index in [1.54, 1.807) is 0 Å². The van der Waals surface area contributed by atoms with E-state index in [4.69, 9.17) is 5.73 Å². The van der Waals surface area contributed by atoms with Gasteiger partial charge in [0, 0.05) is 11.9 Å². The number of aromatic nitrogens is 2. The minimum atomic E-state index is 0.336. The molecule has 3 rings (SSSR count).